The number of rotatable bonds is 2. The van der Waals surface area contributed by atoms with Crippen LogP contribution < -0.4 is 0 Å². The molecule has 0 spiro atoms. The summed E-state index contributed by atoms with van der Waals surface area (Å²) in [6, 6.07) is 0.627. The molecule has 166 valence electrons. The Hall–Kier alpha value is -0.610. The van der Waals surface area contributed by atoms with Crippen molar-refractivity contribution in [3.05, 3.63) is 0 Å². The van der Waals surface area contributed by atoms with Gasteiger partial charge >= 0.3 is 0 Å². The molecule has 2 fully saturated rings. The summed E-state index contributed by atoms with van der Waals surface area (Å²) >= 11 is 0. The van der Waals surface area contributed by atoms with Crippen molar-refractivity contribution >= 4 is 5.91 Å². The number of piperidine rings is 2. The molecular weight excluding hydrogens is 346 g/mol. The first-order valence-corrected chi connectivity index (χ1v) is 11.3. The van der Waals surface area contributed by atoms with Gasteiger partial charge in [0.25, 0.3) is 0 Å². The predicted molar refractivity (Wildman–Crippen MR) is 122 cm³/mol. The molecule has 0 aromatic carbocycles. The van der Waals surface area contributed by atoms with Crippen LogP contribution in [0.15, 0.2) is 0 Å². The Morgan fingerprint density at radius 2 is 0.893 bits per heavy atom. The maximum absolute atomic E-state index is 12.8. The molecule has 4 heteroatoms. The lowest BCUT2D eigenvalue weighted by molar-refractivity contribution is -0.146. The molecular formula is C24H49N3O. The summed E-state index contributed by atoms with van der Waals surface area (Å²) < 4.78 is 0. The molecule has 0 unspecified atom stereocenters. The summed E-state index contributed by atoms with van der Waals surface area (Å²) in [7, 11) is 4.46. The van der Waals surface area contributed by atoms with Crippen LogP contribution in [0.2, 0.25) is 0 Å². The third-order valence-electron chi connectivity index (χ3n) is 7.72. The van der Waals surface area contributed by atoms with Crippen molar-refractivity contribution in [1.82, 2.24) is 14.7 Å². The summed E-state index contributed by atoms with van der Waals surface area (Å²) in [6.07, 6.45) is 4.17. The second-order valence-electron chi connectivity index (χ2n) is 11.4. The minimum Gasteiger partial charge on any atom is -0.337 e. The molecule has 4 nitrogen and oxygen atoms in total. The smallest absolute Gasteiger partial charge is 0.219 e. The first-order chi connectivity index (χ1) is 12.5. The van der Waals surface area contributed by atoms with E-state index in [2.05, 4.69) is 84.2 Å². The number of amides is 1. The number of hydrogen-bond donors (Lipinski definition) is 0. The Kier molecular flexibility index (Phi) is 7.50. The highest BCUT2D eigenvalue weighted by Gasteiger charge is 2.50. The molecule has 2 rings (SSSR count). The van der Waals surface area contributed by atoms with Crippen LogP contribution in [0.25, 0.3) is 0 Å². The summed E-state index contributed by atoms with van der Waals surface area (Å²) in [5.74, 6) is 0.243. The molecule has 2 saturated heterocycles. The standard InChI is InChI=1S/C22H43N3O.C2H6/c1-16(26)25(17-12-19(2,3)23(10)20(4,5)13-17)18-14-21(6,7)24(11)22(8,9)15-18;1-2/h17-18H,12-15H2,1-11H3;1-2H3. The van der Waals surface area contributed by atoms with Crippen LogP contribution in [0, 0.1) is 0 Å². The van der Waals surface area contributed by atoms with Gasteiger partial charge in [-0.3, -0.25) is 14.6 Å². The van der Waals surface area contributed by atoms with Crippen LogP contribution >= 0.6 is 0 Å². The number of likely N-dealkylation sites (tertiary alicyclic amines) is 2. The average Bonchev–Trinajstić information content (AvgIpc) is 2.51. The van der Waals surface area contributed by atoms with E-state index in [0.717, 1.165) is 25.7 Å². The number of nitrogens with zero attached hydrogens (tertiary/aromatic N) is 3. The zero-order valence-electron chi connectivity index (χ0n) is 21.2. The van der Waals surface area contributed by atoms with Crippen molar-refractivity contribution in [1.29, 1.82) is 0 Å². The summed E-state index contributed by atoms with van der Waals surface area (Å²) in [5.41, 5.74) is 0.375. The molecule has 0 radical (unpaired) electrons. The van der Waals surface area contributed by atoms with Crippen molar-refractivity contribution in [2.45, 2.75) is 136 Å². The van der Waals surface area contributed by atoms with Gasteiger partial charge in [0.15, 0.2) is 0 Å². The van der Waals surface area contributed by atoms with E-state index in [-0.39, 0.29) is 28.1 Å². The highest BCUT2D eigenvalue weighted by Crippen LogP contribution is 2.44. The number of hydrogen-bond acceptors (Lipinski definition) is 3. The maximum atomic E-state index is 12.8. The van der Waals surface area contributed by atoms with Crippen molar-refractivity contribution in [2.75, 3.05) is 14.1 Å². The molecule has 0 atom stereocenters. The predicted octanol–water partition coefficient (Wildman–Crippen LogP) is 5.16. The Labute approximate surface area is 176 Å². The van der Waals surface area contributed by atoms with E-state index in [9.17, 15) is 4.79 Å². The molecule has 0 bridgehead atoms. The summed E-state index contributed by atoms with van der Waals surface area (Å²) in [4.78, 5) is 20.1. The normalized spacial score (nSPS) is 27.6. The van der Waals surface area contributed by atoms with E-state index >= 15 is 0 Å². The van der Waals surface area contributed by atoms with Crippen LogP contribution in [0.4, 0.5) is 0 Å². The van der Waals surface area contributed by atoms with E-state index in [1.54, 1.807) is 6.92 Å². The van der Waals surface area contributed by atoms with Gasteiger partial charge in [0.2, 0.25) is 5.91 Å². The first-order valence-electron chi connectivity index (χ1n) is 11.3. The molecule has 0 N–H and O–H groups in total. The highest BCUT2D eigenvalue weighted by atomic mass is 16.2. The fourth-order valence-corrected chi connectivity index (χ4v) is 5.84. The van der Waals surface area contributed by atoms with Gasteiger partial charge in [-0.15, -0.1) is 0 Å². The first kappa shape index (κ1) is 25.4. The molecule has 2 aliphatic rings. The lowest BCUT2D eigenvalue weighted by Crippen LogP contribution is -2.67. The van der Waals surface area contributed by atoms with Gasteiger partial charge in [0.05, 0.1) is 0 Å². The molecule has 1 amide bonds. The lowest BCUT2D eigenvalue weighted by atomic mass is 9.73. The van der Waals surface area contributed by atoms with E-state index in [1.165, 1.54) is 0 Å². The maximum Gasteiger partial charge on any atom is 0.219 e. The van der Waals surface area contributed by atoms with Gasteiger partial charge in [-0.05, 0) is 95.2 Å². The number of carbonyl (C=O) groups is 1. The van der Waals surface area contributed by atoms with E-state index in [1.807, 2.05) is 13.8 Å². The second kappa shape index (κ2) is 8.26. The van der Waals surface area contributed by atoms with Crippen LogP contribution in [0.1, 0.15) is 102 Å². The quantitative estimate of drug-likeness (QED) is 0.646. The Bertz CT molecular complexity index is 472. The van der Waals surface area contributed by atoms with Gasteiger partial charge in [0, 0.05) is 41.2 Å². The number of carbonyl (C=O) groups excluding carboxylic acids is 1. The minimum absolute atomic E-state index is 0.0939. The van der Waals surface area contributed by atoms with E-state index in [4.69, 9.17) is 0 Å². The van der Waals surface area contributed by atoms with Crippen LogP contribution in [-0.4, -0.2) is 68.9 Å². The monoisotopic (exact) mass is 395 g/mol. The molecule has 0 saturated carbocycles. The lowest BCUT2D eigenvalue weighted by Gasteiger charge is -2.60. The van der Waals surface area contributed by atoms with Gasteiger partial charge < -0.3 is 4.90 Å². The third kappa shape index (κ3) is 4.92. The van der Waals surface area contributed by atoms with Crippen LogP contribution in [0.3, 0.4) is 0 Å². The Morgan fingerprint density at radius 3 is 1.07 bits per heavy atom. The fraction of sp³-hybridized carbons (Fsp3) is 0.958. The molecule has 0 aromatic rings. The van der Waals surface area contributed by atoms with Crippen molar-refractivity contribution in [3.8, 4) is 0 Å². The van der Waals surface area contributed by atoms with E-state index < -0.39 is 0 Å². The fourth-order valence-electron chi connectivity index (χ4n) is 5.84. The van der Waals surface area contributed by atoms with E-state index in [0.29, 0.717) is 12.1 Å². The minimum atomic E-state index is 0.0939. The van der Waals surface area contributed by atoms with Crippen molar-refractivity contribution in [2.24, 2.45) is 0 Å². The van der Waals surface area contributed by atoms with Gasteiger partial charge in [-0.1, -0.05) is 13.8 Å². The largest absolute Gasteiger partial charge is 0.337 e. The Balaban J connectivity index is 0.00000190. The van der Waals surface area contributed by atoms with Crippen molar-refractivity contribution < 1.29 is 4.79 Å². The van der Waals surface area contributed by atoms with Gasteiger partial charge in [-0.2, -0.15) is 0 Å². The van der Waals surface area contributed by atoms with Gasteiger partial charge in [-0.25, -0.2) is 0 Å². The molecule has 28 heavy (non-hydrogen) atoms. The molecule has 0 aliphatic carbocycles. The third-order valence-corrected chi connectivity index (χ3v) is 7.72. The highest BCUT2D eigenvalue weighted by molar-refractivity contribution is 5.74. The van der Waals surface area contributed by atoms with Crippen LogP contribution in [0.5, 0.6) is 0 Å². The van der Waals surface area contributed by atoms with Crippen molar-refractivity contribution in [3.63, 3.8) is 0 Å². The van der Waals surface area contributed by atoms with Gasteiger partial charge in [0.1, 0.15) is 0 Å². The molecule has 0 aromatic heterocycles. The van der Waals surface area contributed by atoms with Crippen LogP contribution in [-0.2, 0) is 4.79 Å². The summed E-state index contributed by atoms with van der Waals surface area (Å²) in [6.45, 7) is 24.3. The zero-order chi connectivity index (χ0) is 22.3. The topological polar surface area (TPSA) is 26.8 Å². The SMILES string of the molecule is CC.CC(=O)N(C1CC(C)(C)N(C)C(C)(C)C1)C1CC(C)(C)N(C)C(C)(C)C1. The summed E-state index contributed by atoms with van der Waals surface area (Å²) in [5, 5.41) is 0. The molecule has 2 aliphatic heterocycles. The molecule has 2 heterocycles. The zero-order valence-corrected chi connectivity index (χ0v) is 21.2. The Morgan fingerprint density at radius 1 is 0.679 bits per heavy atom. The second-order valence-corrected chi connectivity index (χ2v) is 11.4. The average molecular weight is 396 g/mol.